The number of piperazine rings is 1. The second kappa shape index (κ2) is 7.25. The van der Waals surface area contributed by atoms with Gasteiger partial charge in [0.2, 0.25) is 6.79 Å². The summed E-state index contributed by atoms with van der Waals surface area (Å²) in [6, 6.07) is 5.36. The predicted octanol–water partition coefficient (Wildman–Crippen LogP) is 1.77. The molecule has 0 radical (unpaired) electrons. The van der Waals surface area contributed by atoms with Crippen LogP contribution in [0, 0.1) is 6.92 Å². The van der Waals surface area contributed by atoms with Gasteiger partial charge in [0, 0.05) is 63.4 Å². The van der Waals surface area contributed by atoms with E-state index in [2.05, 4.69) is 19.8 Å². The molecule has 2 aliphatic heterocycles. The van der Waals surface area contributed by atoms with Gasteiger partial charge in [0.15, 0.2) is 11.5 Å². The molecule has 3 heterocycles. The zero-order valence-electron chi connectivity index (χ0n) is 14.9. The molecule has 2 aromatic rings. The molecule has 0 unspecified atom stereocenters. The number of urea groups is 1. The minimum Gasteiger partial charge on any atom is -0.454 e. The predicted molar refractivity (Wildman–Crippen MR) is 96.6 cm³/mol. The van der Waals surface area contributed by atoms with Crippen molar-refractivity contribution in [1.29, 1.82) is 0 Å². The maximum atomic E-state index is 12.5. The summed E-state index contributed by atoms with van der Waals surface area (Å²) in [6.45, 7) is 7.33. The third-order valence-corrected chi connectivity index (χ3v) is 4.86. The van der Waals surface area contributed by atoms with Gasteiger partial charge in [0.1, 0.15) is 5.82 Å². The molecule has 2 amide bonds. The van der Waals surface area contributed by atoms with E-state index in [9.17, 15) is 4.79 Å². The Morgan fingerprint density at radius 3 is 2.73 bits per heavy atom. The van der Waals surface area contributed by atoms with E-state index in [-0.39, 0.29) is 12.8 Å². The van der Waals surface area contributed by atoms with Crippen molar-refractivity contribution in [2.24, 2.45) is 0 Å². The lowest BCUT2D eigenvalue weighted by Gasteiger charge is -2.34. The van der Waals surface area contributed by atoms with Crippen LogP contribution >= 0.6 is 0 Å². The second-order valence-electron chi connectivity index (χ2n) is 6.49. The van der Waals surface area contributed by atoms with Gasteiger partial charge in [-0.05, 0) is 19.1 Å². The van der Waals surface area contributed by atoms with Crippen LogP contribution in [0.15, 0.2) is 30.6 Å². The van der Waals surface area contributed by atoms with Crippen molar-refractivity contribution in [1.82, 2.24) is 19.4 Å². The molecule has 0 bridgehead atoms. The molecule has 0 spiro atoms. The number of aromatic nitrogens is 2. The van der Waals surface area contributed by atoms with Gasteiger partial charge in [-0.1, -0.05) is 0 Å². The Morgan fingerprint density at radius 2 is 1.96 bits per heavy atom. The highest BCUT2D eigenvalue weighted by Crippen LogP contribution is 2.34. The molecule has 1 aromatic heterocycles. The molecule has 8 nitrogen and oxygen atoms in total. The summed E-state index contributed by atoms with van der Waals surface area (Å²) in [4.78, 5) is 20.9. The van der Waals surface area contributed by atoms with Crippen LogP contribution in [0.25, 0.3) is 0 Å². The molecular formula is C18H23N5O3. The molecule has 1 aromatic carbocycles. The van der Waals surface area contributed by atoms with Crippen molar-refractivity contribution in [2.75, 3.05) is 44.8 Å². The van der Waals surface area contributed by atoms with E-state index < -0.39 is 0 Å². The first-order valence-electron chi connectivity index (χ1n) is 8.85. The fourth-order valence-corrected chi connectivity index (χ4v) is 3.24. The number of aryl methyl sites for hydroxylation is 1. The van der Waals surface area contributed by atoms with Crippen molar-refractivity contribution in [3.05, 3.63) is 36.4 Å². The van der Waals surface area contributed by atoms with E-state index in [1.807, 2.05) is 36.4 Å². The summed E-state index contributed by atoms with van der Waals surface area (Å²) < 4.78 is 12.8. The number of nitrogens with zero attached hydrogens (tertiary/aromatic N) is 4. The number of carbonyl (C=O) groups is 1. The third-order valence-electron chi connectivity index (χ3n) is 4.86. The van der Waals surface area contributed by atoms with Gasteiger partial charge in [0.05, 0.1) is 0 Å². The smallest absolute Gasteiger partial charge is 0.321 e. The number of ether oxygens (including phenoxy) is 2. The number of hydrogen-bond acceptors (Lipinski definition) is 5. The van der Waals surface area contributed by atoms with Crippen molar-refractivity contribution in [3.8, 4) is 11.5 Å². The van der Waals surface area contributed by atoms with Crippen LogP contribution in [-0.4, -0.2) is 64.9 Å². The Morgan fingerprint density at radius 1 is 1.15 bits per heavy atom. The molecular weight excluding hydrogens is 334 g/mol. The summed E-state index contributed by atoms with van der Waals surface area (Å²) in [6.07, 6.45) is 3.83. The minimum absolute atomic E-state index is 0.0750. The van der Waals surface area contributed by atoms with Gasteiger partial charge in [-0.25, -0.2) is 9.78 Å². The van der Waals surface area contributed by atoms with Crippen molar-refractivity contribution >= 4 is 11.7 Å². The minimum atomic E-state index is -0.0750. The normalized spacial score (nSPS) is 16.7. The Balaban J connectivity index is 1.25. The van der Waals surface area contributed by atoms with Gasteiger partial charge in [-0.15, -0.1) is 0 Å². The van der Waals surface area contributed by atoms with Crippen LogP contribution < -0.4 is 14.8 Å². The van der Waals surface area contributed by atoms with E-state index in [1.165, 1.54) is 0 Å². The lowest BCUT2D eigenvalue weighted by atomic mass is 10.2. The Bertz CT molecular complexity index is 783. The Kier molecular flexibility index (Phi) is 4.66. The number of anilines is 1. The maximum Gasteiger partial charge on any atom is 0.321 e. The summed E-state index contributed by atoms with van der Waals surface area (Å²) in [5.74, 6) is 2.42. The molecule has 1 N–H and O–H groups in total. The fraction of sp³-hybridized carbons (Fsp3) is 0.444. The van der Waals surface area contributed by atoms with Crippen molar-refractivity contribution in [3.63, 3.8) is 0 Å². The summed E-state index contributed by atoms with van der Waals surface area (Å²) in [5.41, 5.74) is 0.720. The lowest BCUT2D eigenvalue weighted by Crippen LogP contribution is -2.50. The summed E-state index contributed by atoms with van der Waals surface area (Å²) >= 11 is 0. The monoisotopic (exact) mass is 357 g/mol. The summed E-state index contributed by atoms with van der Waals surface area (Å²) in [7, 11) is 0. The molecule has 0 atom stereocenters. The molecule has 1 fully saturated rings. The van der Waals surface area contributed by atoms with Gasteiger partial charge < -0.3 is 24.3 Å². The largest absolute Gasteiger partial charge is 0.454 e. The van der Waals surface area contributed by atoms with Crippen LogP contribution in [0.3, 0.4) is 0 Å². The van der Waals surface area contributed by atoms with Gasteiger partial charge in [0.25, 0.3) is 0 Å². The average molecular weight is 357 g/mol. The summed E-state index contributed by atoms with van der Waals surface area (Å²) in [5, 5.41) is 2.94. The van der Waals surface area contributed by atoms with Gasteiger partial charge >= 0.3 is 6.03 Å². The topological polar surface area (TPSA) is 71.9 Å². The van der Waals surface area contributed by atoms with E-state index >= 15 is 0 Å². The first kappa shape index (κ1) is 16.7. The standard InChI is InChI=1S/C18H23N5O3/c1-14-19-4-5-22(14)9-6-21-7-10-23(11-8-21)18(24)20-15-2-3-16-17(12-15)26-13-25-16/h2-5,12H,6-11,13H2,1H3,(H,20,24). The molecule has 138 valence electrons. The first-order chi connectivity index (χ1) is 12.7. The molecule has 2 aliphatic rings. The van der Waals surface area contributed by atoms with Crippen LogP contribution in [0.4, 0.5) is 10.5 Å². The second-order valence-corrected chi connectivity index (χ2v) is 6.49. The number of fused-ring (bicyclic) bond motifs is 1. The number of imidazole rings is 1. The number of nitrogens with one attached hydrogen (secondary N) is 1. The van der Waals surface area contributed by atoms with Crippen LogP contribution in [0.1, 0.15) is 5.82 Å². The number of amides is 2. The maximum absolute atomic E-state index is 12.5. The molecule has 1 saturated heterocycles. The Labute approximate surface area is 152 Å². The number of rotatable bonds is 4. The molecule has 8 heteroatoms. The van der Waals surface area contributed by atoms with Crippen molar-refractivity contribution < 1.29 is 14.3 Å². The number of carbonyl (C=O) groups excluding carboxylic acids is 1. The fourth-order valence-electron chi connectivity index (χ4n) is 3.24. The van der Waals surface area contributed by atoms with Crippen LogP contribution in [0.5, 0.6) is 11.5 Å². The highest BCUT2D eigenvalue weighted by molar-refractivity contribution is 5.89. The molecule has 0 aliphatic carbocycles. The highest BCUT2D eigenvalue weighted by Gasteiger charge is 2.22. The van der Waals surface area contributed by atoms with Crippen molar-refractivity contribution in [2.45, 2.75) is 13.5 Å². The highest BCUT2D eigenvalue weighted by atomic mass is 16.7. The van der Waals surface area contributed by atoms with E-state index in [4.69, 9.17) is 9.47 Å². The molecule has 26 heavy (non-hydrogen) atoms. The van der Waals surface area contributed by atoms with Crippen LogP contribution in [-0.2, 0) is 6.54 Å². The van der Waals surface area contributed by atoms with E-state index in [0.717, 1.165) is 50.8 Å². The average Bonchev–Trinajstić information content (AvgIpc) is 3.28. The van der Waals surface area contributed by atoms with E-state index in [0.29, 0.717) is 11.5 Å². The number of benzene rings is 1. The lowest BCUT2D eigenvalue weighted by molar-refractivity contribution is 0.144. The van der Waals surface area contributed by atoms with Crippen LogP contribution in [0.2, 0.25) is 0 Å². The SMILES string of the molecule is Cc1nccn1CCN1CCN(C(=O)Nc2ccc3c(c2)OCO3)CC1. The van der Waals surface area contributed by atoms with Gasteiger partial charge in [-0.3, -0.25) is 4.90 Å². The van der Waals surface area contributed by atoms with E-state index in [1.54, 1.807) is 6.07 Å². The quantitative estimate of drug-likeness (QED) is 0.903. The first-order valence-corrected chi connectivity index (χ1v) is 8.85. The van der Waals surface area contributed by atoms with Gasteiger partial charge in [-0.2, -0.15) is 0 Å². The molecule has 0 saturated carbocycles. The number of hydrogen-bond donors (Lipinski definition) is 1. The molecule has 4 rings (SSSR count). The zero-order chi connectivity index (χ0) is 17.9. The Hall–Kier alpha value is -2.74. The zero-order valence-corrected chi connectivity index (χ0v) is 14.9. The third kappa shape index (κ3) is 3.60.